The van der Waals surface area contributed by atoms with Crippen LogP contribution >= 0.6 is 23.2 Å². The van der Waals surface area contributed by atoms with Crippen LogP contribution < -0.4 is 10.3 Å². The lowest BCUT2D eigenvalue weighted by Gasteiger charge is -2.61. The average Bonchev–Trinajstić information content (AvgIpc) is 3.18. The maximum atomic E-state index is 14.0. The van der Waals surface area contributed by atoms with Crippen LogP contribution in [-0.2, 0) is 22.6 Å². The molecule has 2 unspecified atom stereocenters. The van der Waals surface area contributed by atoms with Crippen LogP contribution in [0.1, 0.15) is 47.3 Å². The van der Waals surface area contributed by atoms with E-state index in [2.05, 4.69) is 16.9 Å². The van der Waals surface area contributed by atoms with E-state index >= 15 is 0 Å². The van der Waals surface area contributed by atoms with Crippen LogP contribution in [0.3, 0.4) is 0 Å². The van der Waals surface area contributed by atoms with Gasteiger partial charge in [-0.15, -0.1) is 0 Å². The van der Waals surface area contributed by atoms with Crippen molar-refractivity contribution in [2.45, 2.75) is 43.0 Å². The Morgan fingerprint density at radius 3 is 2.33 bits per heavy atom. The number of rotatable bonds is 6. The zero-order valence-electron chi connectivity index (χ0n) is 23.2. The average molecular weight is 626 g/mol. The lowest BCUT2D eigenvalue weighted by molar-refractivity contribution is -0.0869. The third-order valence-electron chi connectivity index (χ3n) is 8.76. The van der Waals surface area contributed by atoms with E-state index in [1.54, 1.807) is 42.9 Å². The summed E-state index contributed by atoms with van der Waals surface area (Å²) in [5.41, 5.74) is 1.07. The molecule has 0 radical (unpaired) electrons. The molecular formula is C31H30Cl2N4O4S. The fraction of sp³-hybridized carbons (Fsp3) is 0.290. The molecule has 6 rings (SSSR count). The summed E-state index contributed by atoms with van der Waals surface area (Å²) >= 11 is 12.9. The number of amides is 1. The van der Waals surface area contributed by atoms with Crippen LogP contribution in [-0.4, -0.2) is 35.1 Å². The summed E-state index contributed by atoms with van der Waals surface area (Å²) in [4.78, 5) is 28.9. The molecule has 1 amide bonds. The highest BCUT2D eigenvalue weighted by atomic mass is 35.5. The molecule has 1 aromatic heterocycles. The third kappa shape index (κ3) is 4.46. The normalized spacial score (nSPS) is 20.1. The van der Waals surface area contributed by atoms with Crippen molar-refractivity contribution in [1.82, 2.24) is 14.3 Å². The quantitative estimate of drug-likeness (QED) is 0.279. The van der Waals surface area contributed by atoms with Gasteiger partial charge in [0, 0.05) is 25.1 Å². The van der Waals surface area contributed by atoms with Crippen LogP contribution in [0.15, 0.2) is 82.5 Å². The summed E-state index contributed by atoms with van der Waals surface area (Å²) in [6, 6.07) is 21.6. The zero-order chi connectivity index (χ0) is 29.8. The number of nitrogens with zero attached hydrogens (tertiary/aromatic N) is 3. The van der Waals surface area contributed by atoms with E-state index in [1.807, 2.05) is 29.2 Å². The molecule has 2 fully saturated rings. The van der Waals surface area contributed by atoms with Gasteiger partial charge in [0.2, 0.25) is 0 Å². The second kappa shape index (κ2) is 10.6. The fourth-order valence-electron chi connectivity index (χ4n) is 6.54. The number of halogens is 2. The van der Waals surface area contributed by atoms with Crippen LogP contribution in [0, 0.1) is 12.8 Å². The summed E-state index contributed by atoms with van der Waals surface area (Å²) in [7, 11) is -2.76. The number of benzene rings is 3. The number of carbonyl (C=O) groups excluding carboxylic acids is 1. The summed E-state index contributed by atoms with van der Waals surface area (Å²) in [6.45, 7) is 2.22. The van der Waals surface area contributed by atoms with Gasteiger partial charge in [-0.1, -0.05) is 84.6 Å². The van der Waals surface area contributed by atoms with Crippen molar-refractivity contribution in [3.05, 3.63) is 110 Å². The first kappa shape index (κ1) is 28.6. The molecule has 1 N–H and O–H groups in total. The lowest BCUT2D eigenvalue weighted by Crippen LogP contribution is -2.67. The number of sulfonamides is 1. The molecule has 2 aliphatic rings. The van der Waals surface area contributed by atoms with E-state index in [0.717, 1.165) is 31.2 Å². The Bertz CT molecular complexity index is 1860. The van der Waals surface area contributed by atoms with Crippen LogP contribution in [0.5, 0.6) is 0 Å². The predicted molar refractivity (Wildman–Crippen MR) is 164 cm³/mol. The minimum absolute atomic E-state index is 0.0659. The number of anilines is 1. The molecular weight excluding hydrogens is 595 g/mol. The number of carbonyl (C=O) groups is 1. The minimum Gasteiger partial charge on any atom is -0.328 e. The van der Waals surface area contributed by atoms with E-state index in [0.29, 0.717) is 23.8 Å². The minimum atomic E-state index is -4.42. The first-order valence-corrected chi connectivity index (χ1v) is 16.0. The molecule has 8 nitrogen and oxygen atoms in total. The van der Waals surface area contributed by atoms with Crippen LogP contribution in [0.4, 0.5) is 5.69 Å². The Hall–Kier alpha value is -3.53. The van der Waals surface area contributed by atoms with Crippen molar-refractivity contribution in [1.29, 1.82) is 0 Å². The Kier molecular flexibility index (Phi) is 7.23. The van der Waals surface area contributed by atoms with E-state index in [-0.39, 0.29) is 32.1 Å². The molecule has 2 atom stereocenters. The highest BCUT2D eigenvalue weighted by Crippen LogP contribution is 2.54. The van der Waals surface area contributed by atoms with Crippen LogP contribution in [0.25, 0.3) is 5.69 Å². The molecule has 0 spiro atoms. The number of hydrogen-bond acceptors (Lipinski definition) is 4. The second-order valence-corrected chi connectivity index (χ2v) is 13.4. The summed E-state index contributed by atoms with van der Waals surface area (Å²) in [5, 5.41) is -0.293. The maximum Gasteiger partial charge on any atom is 0.296 e. The van der Waals surface area contributed by atoms with E-state index in [4.69, 9.17) is 23.2 Å². The molecule has 1 saturated heterocycles. The Morgan fingerprint density at radius 2 is 1.67 bits per heavy atom. The molecule has 42 heavy (non-hydrogen) atoms. The van der Waals surface area contributed by atoms with Gasteiger partial charge in [0.25, 0.3) is 21.5 Å². The van der Waals surface area contributed by atoms with Gasteiger partial charge in [0.1, 0.15) is 10.6 Å². The number of fused-ring (bicyclic) bond motifs is 1. The molecule has 11 heteroatoms. The monoisotopic (exact) mass is 624 g/mol. The van der Waals surface area contributed by atoms with Crippen molar-refractivity contribution in [3.63, 3.8) is 0 Å². The molecule has 0 bridgehead atoms. The molecule has 4 aromatic rings. The van der Waals surface area contributed by atoms with Crippen molar-refractivity contribution in [2.24, 2.45) is 13.0 Å². The molecule has 1 aliphatic carbocycles. The van der Waals surface area contributed by atoms with Crippen molar-refractivity contribution < 1.29 is 13.2 Å². The van der Waals surface area contributed by atoms with Gasteiger partial charge in [0.15, 0.2) is 0 Å². The van der Waals surface area contributed by atoms with Crippen molar-refractivity contribution in [2.75, 3.05) is 11.3 Å². The number of hydrogen-bond donors (Lipinski definition) is 1. The zero-order valence-corrected chi connectivity index (χ0v) is 25.5. The summed E-state index contributed by atoms with van der Waals surface area (Å²) < 4.78 is 32.8. The second-order valence-electron chi connectivity index (χ2n) is 11.0. The Labute approximate surface area is 254 Å². The number of para-hydroxylation sites is 1. The number of likely N-dealkylation sites (tertiary alicyclic amines) is 1. The Morgan fingerprint density at radius 1 is 1.00 bits per heavy atom. The predicted octanol–water partition coefficient (Wildman–Crippen LogP) is 6.13. The van der Waals surface area contributed by atoms with Gasteiger partial charge in [-0.25, -0.2) is 13.1 Å². The molecule has 218 valence electrons. The van der Waals surface area contributed by atoms with E-state index in [1.165, 1.54) is 16.8 Å². The van der Waals surface area contributed by atoms with Gasteiger partial charge in [-0.05, 0) is 49.6 Å². The standard InChI is InChI=1S/C31H30Cl2N4O4S/c1-20-28(30(39)37(35(20)2)24-14-7-4-8-15-24)34-42(40,41)26-18-21(17-25(32)27(26)33)29(38)36-19-23-13-9-10-16-31(23,36)22-11-5-3-6-12-22/h3-8,11-12,14-15,17-18,23,34H,9-10,13,16,19H2,1-2H3. The first-order chi connectivity index (χ1) is 20.1. The van der Waals surface area contributed by atoms with E-state index < -0.39 is 21.1 Å². The largest absolute Gasteiger partial charge is 0.328 e. The summed E-state index contributed by atoms with van der Waals surface area (Å²) in [6.07, 6.45) is 3.98. The number of nitrogens with one attached hydrogen (secondary N) is 1. The highest BCUT2D eigenvalue weighted by Gasteiger charge is 2.57. The van der Waals surface area contributed by atoms with Gasteiger partial charge in [-0.2, -0.15) is 0 Å². The molecule has 2 heterocycles. The fourth-order valence-corrected chi connectivity index (χ4v) is 8.47. The molecule has 1 saturated carbocycles. The lowest BCUT2D eigenvalue weighted by atomic mass is 9.61. The molecule has 3 aromatic carbocycles. The smallest absolute Gasteiger partial charge is 0.296 e. The van der Waals surface area contributed by atoms with Gasteiger partial charge in [-0.3, -0.25) is 19.0 Å². The van der Waals surface area contributed by atoms with Crippen molar-refractivity contribution in [3.8, 4) is 5.69 Å². The topological polar surface area (TPSA) is 93.4 Å². The summed E-state index contributed by atoms with van der Waals surface area (Å²) in [5.74, 6) is 0.0208. The van der Waals surface area contributed by atoms with Gasteiger partial charge >= 0.3 is 0 Å². The van der Waals surface area contributed by atoms with Gasteiger partial charge in [0.05, 0.1) is 27.0 Å². The Balaban J connectivity index is 1.37. The van der Waals surface area contributed by atoms with Gasteiger partial charge < -0.3 is 4.90 Å². The highest BCUT2D eigenvalue weighted by molar-refractivity contribution is 7.92. The first-order valence-electron chi connectivity index (χ1n) is 13.8. The van der Waals surface area contributed by atoms with E-state index in [9.17, 15) is 18.0 Å². The maximum absolute atomic E-state index is 14.0. The molecule has 1 aliphatic heterocycles. The van der Waals surface area contributed by atoms with Crippen LogP contribution in [0.2, 0.25) is 10.0 Å². The third-order valence-corrected chi connectivity index (χ3v) is 11.0. The van der Waals surface area contributed by atoms with Crippen molar-refractivity contribution >= 4 is 44.8 Å². The number of aromatic nitrogens is 2. The SMILES string of the molecule is Cc1c(NS(=O)(=O)c2cc(C(=O)N3CC4CCCCC43c3ccccc3)cc(Cl)c2Cl)c(=O)n(-c2ccccc2)n1C.